The lowest BCUT2D eigenvalue weighted by molar-refractivity contribution is -0.385. The fraction of sp³-hybridized carbons (Fsp3) is 0.238. The van der Waals surface area contributed by atoms with Gasteiger partial charge in [0.05, 0.1) is 35.1 Å². The number of aryl methyl sites for hydroxylation is 2. The summed E-state index contributed by atoms with van der Waals surface area (Å²) in [7, 11) is 0. The summed E-state index contributed by atoms with van der Waals surface area (Å²) in [6, 6.07) is 5.26. The maximum absolute atomic E-state index is 13.1. The third kappa shape index (κ3) is 4.52. The zero-order valence-electron chi connectivity index (χ0n) is 18.4. The van der Waals surface area contributed by atoms with E-state index in [1.165, 1.54) is 10.9 Å². The summed E-state index contributed by atoms with van der Waals surface area (Å²) in [5.41, 5.74) is 2.89. The molecule has 0 aliphatic rings. The normalized spacial score (nSPS) is 11.1. The topological polar surface area (TPSA) is 134 Å². The molecule has 0 aliphatic heterocycles. The van der Waals surface area contributed by atoms with Gasteiger partial charge in [-0.2, -0.15) is 10.2 Å². The number of benzene rings is 1. The minimum atomic E-state index is -0.545. The Bertz CT molecular complexity index is 1390. The number of nitro groups is 1. The van der Waals surface area contributed by atoms with Crippen molar-refractivity contribution in [1.82, 2.24) is 24.7 Å². The molecule has 0 unspecified atom stereocenters. The first-order chi connectivity index (χ1) is 16.2. The smallest absolute Gasteiger partial charge is 0.307 e. The Morgan fingerprint density at radius 1 is 1.18 bits per heavy atom. The highest BCUT2D eigenvalue weighted by atomic mass is 35.5. The van der Waals surface area contributed by atoms with Crippen molar-refractivity contribution in [2.45, 2.75) is 33.9 Å². The number of nitrogens with one attached hydrogen (secondary N) is 1. The van der Waals surface area contributed by atoms with E-state index in [-0.39, 0.29) is 17.9 Å². The SMILES string of the molecule is Cc1nn(Cc2c(Cl)cccc2Cl)c(C)c1NC(=O)c1noc(C)c1Cn1cc([N+](=O)[O-])cn1. The van der Waals surface area contributed by atoms with Gasteiger partial charge in [-0.15, -0.1) is 0 Å². The minimum absolute atomic E-state index is 0.0522. The van der Waals surface area contributed by atoms with E-state index < -0.39 is 10.8 Å². The van der Waals surface area contributed by atoms with Crippen molar-refractivity contribution in [1.29, 1.82) is 0 Å². The fourth-order valence-electron chi connectivity index (χ4n) is 3.49. The second-order valence-corrected chi connectivity index (χ2v) is 8.39. The molecule has 3 heterocycles. The number of hydrogen-bond acceptors (Lipinski definition) is 7. The van der Waals surface area contributed by atoms with Crippen molar-refractivity contribution in [3.05, 3.63) is 84.7 Å². The van der Waals surface area contributed by atoms with E-state index in [2.05, 4.69) is 20.7 Å². The number of halogens is 2. The van der Waals surface area contributed by atoms with Crippen molar-refractivity contribution >= 4 is 40.5 Å². The van der Waals surface area contributed by atoms with Gasteiger partial charge >= 0.3 is 5.69 Å². The third-order valence-corrected chi connectivity index (χ3v) is 6.05. The standard InChI is InChI=1S/C21H19Cl2N7O4/c1-11-19(12(2)29(26-11)10-16-17(22)5-4-6-18(16)23)25-21(31)20-15(13(3)34-27-20)9-28-8-14(7-24-28)30(32)33/h4-8H,9-10H2,1-3H3,(H,25,31). The number of aromatic nitrogens is 5. The largest absolute Gasteiger partial charge is 0.361 e. The monoisotopic (exact) mass is 503 g/mol. The maximum Gasteiger partial charge on any atom is 0.307 e. The van der Waals surface area contributed by atoms with E-state index in [0.29, 0.717) is 45.0 Å². The predicted molar refractivity (Wildman–Crippen MR) is 124 cm³/mol. The Balaban J connectivity index is 1.57. The van der Waals surface area contributed by atoms with E-state index in [4.69, 9.17) is 27.7 Å². The molecule has 4 aromatic rings. The number of hydrogen-bond donors (Lipinski definition) is 1. The van der Waals surface area contributed by atoms with Crippen LogP contribution in [-0.4, -0.2) is 35.5 Å². The molecule has 0 radical (unpaired) electrons. The van der Waals surface area contributed by atoms with Crippen LogP contribution in [0.25, 0.3) is 0 Å². The van der Waals surface area contributed by atoms with Gasteiger partial charge in [-0.3, -0.25) is 24.3 Å². The first-order valence-corrected chi connectivity index (χ1v) is 10.8. The highest BCUT2D eigenvalue weighted by Crippen LogP contribution is 2.28. The number of amides is 1. The minimum Gasteiger partial charge on any atom is -0.361 e. The van der Waals surface area contributed by atoms with Gasteiger partial charge in [0.25, 0.3) is 5.91 Å². The van der Waals surface area contributed by atoms with Crippen molar-refractivity contribution in [3.63, 3.8) is 0 Å². The zero-order chi connectivity index (χ0) is 24.6. The van der Waals surface area contributed by atoms with E-state index in [1.807, 2.05) is 6.92 Å². The van der Waals surface area contributed by atoms with Gasteiger partial charge in [0.2, 0.25) is 0 Å². The molecular weight excluding hydrogens is 485 g/mol. The van der Waals surface area contributed by atoms with Crippen molar-refractivity contribution in [3.8, 4) is 0 Å². The molecule has 3 aromatic heterocycles. The van der Waals surface area contributed by atoms with E-state index in [0.717, 1.165) is 11.8 Å². The lowest BCUT2D eigenvalue weighted by Gasteiger charge is -2.10. The van der Waals surface area contributed by atoms with Gasteiger partial charge in [-0.25, -0.2) is 0 Å². The molecule has 0 saturated heterocycles. The maximum atomic E-state index is 13.1. The molecule has 4 rings (SSSR count). The van der Waals surface area contributed by atoms with Gasteiger partial charge in [-0.05, 0) is 32.9 Å². The molecule has 11 nitrogen and oxygen atoms in total. The van der Waals surface area contributed by atoms with E-state index in [1.54, 1.807) is 36.7 Å². The van der Waals surface area contributed by atoms with Crippen LogP contribution >= 0.6 is 23.2 Å². The quantitative estimate of drug-likeness (QED) is 0.288. The first-order valence-electron chi connectivity index (χ1n) is 10.1. The summed E-state index contributed by atoms with van der Waals surface area (Å²) in [5, 5.41) is 27.2. The molecule has 1 N–H and O–H groups in total. The van der Waals surface area contributed by atoms with E-state index in [9.17, 15) is 14.9 Å². The fourth-order valence-corrected chi connectivity index (χ4v) is 4.01. The molecule has 13 heteroatoms. The molecular formula is C21H19Cl2N7O4. The highest BCUT2D eigenvalue weighted by molar-refractivity contribution is 6.36. The highest BCUT2D eigenvalue weighted by Gasteiger charge is 2.24. The lowest BCUT2D eigenvalue weighted by atomic mass is 10.1. The number of nitrogens with zero attached hydrogens (tertiary/aromatic N) is 6. The summed E-state index contributed by atoms with van der Waals surface area (Å²) in [6.07, 6.45) is 2.40. The Kier molecular flexibility index (Phi) is 6.40. The average Bonchev–Trinajstić information content (AvgIpc) is 3.46. The first kappa shape index (κ1) is 23.5. The van der Waals surface area contributed by atoms with Crippen LogP contribution in [0, 0.1) is 30.9 Å². The summed E-state index contributed by atoms with van der Waals surface area (Å²) in [5.74, 6) is -0.101. The molecule has 1 aromatic carbocycles. The Morgan fingerprint density at radius 3 is 2.53 bits per heavy atom. The lowest BCUT2D eigenvalue weighted by Crippen LogP contribution is -2.17. The molecule has 0 spiro atoms. The van der Waals surface area contributed by atoms with Crippen LogP contribution in [0.2, 0.25) is 10.0 Å². The molecule has 176 valence electrons. The van der Waals surface area contributed by atoms with Crippen LogP contribution in [0.1, 0.15) is 38.8 Å². The van der Waals surface area contributed by atoms with Crippen molar-refractivity contribution in [2.75, 3.05) is 5.32 Å². The van der Waals surface area contributed by atoms with Crippen molar-refractivity contribution in [2.24, 2.45) is 0 Å². The summed E-state index contributed by atoms with van der Waals surface area (Å²) < 4.78 is 8.26. The van der Waals surface area contributed by atoms with Gasteiger partial charge in [0.1, 0.15) is 18.2 Å². The van der Waals surface area contributed by atoms with Crippen LogP contribution in [0.15, 0.2) is 35.1 Å². The van der Waals surface area contributed by atoms with Crippen molar-refractivity contribution < 1.29 is 14.2 Å². The summed E-state index contributed by atoms with van der Waals surface area (Å²) in [6.45, 7) is 5.64. The van der Waals surface area contributed by atoms with Gasteiger partial charge in [-0.1, -0.05) is 34.4 Å². The van der Waals surface area contributed by atoms with Crippen LogP contribution in [0.3, 0.4) is 0 Å². The molecule has 0 fully saturated rings. The van der Waals surface area contributed by atoms with Gasteiger partial charge in [0, 0.05) is 21.2 Å². The number of anilines is 1. The van der Waals surface area contributed by atoms with Gasteiger partial charge in [0.15, 0.2) is 5.69 Å². The summed E-state index contributed by atoms with van der Waals surface area (Å²) >= 11 is 12.6. The average molecular weight is 504 g/mol. The van der Waals surface area contributed by atoms with Crippen LogP contribution in [0.5, 0.6) is 0 Å². The molecule has 0 aliphatic carbocycles. The molecule has 1 amide bonds. The van der Waals surface area contributed by atoms with Crippen LogP contribution in [0.4, 0.5) is 11.4 Å². The van der Waals surface area contributed by atoms with E-state index >= 15 is 0 Å². The number of rotatable bonds is 7. The summed E-state index contributed by atoms with van der Waals surface area (Å²) in [4.78, 5) is 23.5. The Labute approximate surface area is 203 Å². The predicted octanol–water partition coefficient (Wildman–Crippen LogP) is 4.56. The second kappa shape index (κ2) is 9.27. The molecule has 0 bridgehead atoms. The second-order valence-electron chi connectivity index (χ2n) is 7.58. The molecule has 0 saturated carbocycles. The molecule has 34 heavy (non-hydrogen) atoms. The third-order valence-electron chi connectivity index (χ3n) is 5.34. The molecule has 0 atom stereocenters. The Hall–Kier alpha value is -3.70. The number of carbonyl (C=O) groups excluding carboxylic acids is 1. The van der Waals surface area contributed by atoms with Crippen LogP contribution < -0.4 is 5.32 Å². The Morgan fingerprint density at radius 2 is 1.88 bits per heavy atom. The van der Waals surface area contributed by atoms with Gasteiger partial charge < -0.3 is 9.84 Å². The van der Waals surface area contributed by atoms with Crippen LogP contribution in [-0.2, 0) is 13.1 Å². The zero-order valence-corrected chi connectivity index (χ0v) is 19.9. The number of carbonyl (C=O) groups is 1.